The van der Waals surface area contributed by atoms with Gasteiger partial charge in [0.2, 0.25) is 5.76 Å². The molecule has 1 aliphatic rings. The number of hydrogen-bond donors (Lipinski definition) is 1. The number of amides is 1. The van der Waals surface area contributed by atoms with E-state index in [0.717, 1.165) is 6.07 Å². The fourth-order valence-corrected chi connectivity index (χ4v) is 4.26. The van der Waals surface area contributed by atoms with Gasteiger partial charge in [-0.1, -0.05) is 12.1 Å². The summed E-state index contributed by atoms with van der Waals surface area (Å²) < 4.78 is 32.8. The Hall–Kier alpha value is -2.68. The van der Waals surface area contributed by atoms with E-state index in [0.29, 0.717) is 11.8 Å². The van der Waals surface area contributed by atoms with Gasteiger partial charge in [0.15, 0.2) is 21.9 Å². The van der Waals surface area contributed by atoms with Crippen molar-refractivity contribution < 1.29 is 27.2 Å². The molecule has 132 valence electrons. The molecule has 2 aromatic rings. The summed E-state index contributed by atoms with van der Waals surface area (Å²) in [5.41, 5.74) is -0.156. The fraction of sp³-hybridized carbons (Fsp3) is 0.312. The lowest BCUT2D eigenvalue weighted by atomic mass is 10.2. The number of ether oxygens (including phenoxy) is 1. The van der Waals surface area contributed by atoms with Crippen LogP contribution in [0.25, 0.3) is 11.0 Å². The van der Waals surface area contributed by atoms with E-state index in [9.17, 15) is 22.8 Å². The molecule has 0 radical (unpaired) electrons. The van der Waals surface area contributed by atoms with Crippen molar-refractivity contribution in [1.82, 2.24) is 5.32 Å². The molecule has 0 bridgehead atoms. The smallest absolute Gasteiger partial charge is 0.374 e. The van der Waals surface area contributed by atoms with Crippen LogP contribution in [0.3, 0.4) is 0 Å². The first-order valence-corrected chi connectivity index (χ1v) is 9.36. The number of hydrogen-bond acceptors (Lipinski definition) is 7. The van der Waals surface area contributed by atoms with Crippen molar-refractivity contribution in [3.05, 3.63) is 46.3 Å². The van der Waals surface area contributed by atoms with Crippen molar-refractivity contribution in [2.24, 2.45) is 0 Å². The third-order valence-corrected chi connectivity index (χ3v) is 5.54. The Morgan fingerprint density at radius 3 is 2.76 bits per heavy atom. The van der Waals surface area contributed by atoms with Crippen LogP contribution >= 0.6 is 0 Å². The average Bonchev–Trinajstić information content (AvgIpc) is 2.91. The van der Waals surface area contributed by atoms with Gasteiger partial charge in [0.25, 0.3) is 5.91 Å². The minimum absolute atomic E-state index is 0.0278. The van der Waals surface area contributed by atoms with E-state index in [1.54, 1.807) is 24.3 Å². The van der Waals surface area contributed by atoms with Crippen LogP contribution in [0.5, 0.6) is 0 Å². The summed E-state index contributed by atoms with van der Waals surface area (Å²) in [4.78, 5) is 35.6. The minimum atomic E-state index is -3.11. The first-order valence-electron chi connectivity index (χ1n) is 7.54. The van der Waals surface area contributed by atoms with Gasteiger partial charge in [0, 0.05) is 12.1 Å². The lowest BCUT2D eigenvalue weighted by molar-refractivity contribution is -0.124. The third kappa shape index (κ3) is 4.05. The van der Waals surface area contributed by atoms with Crippen LogP contribution < -0.4 is 10.7 Å². The van der Waals surface area contributed by atoms with Gasteiger partial charge in [0.1, 0.15) is 5.58 Å². The zero-order valence-electron chi connectivity index (χ0n) is 13.1. The third-order valence-electron chi connectivity index (χ3n) is 3.77. The zero-order chi connectivity index (χ0) is 18.0. The highest BCUT2D eigenvalue weighted by atomic mass is 32.2. The van der Waals surface area contributed by atoms with E-state index in [2.05, 4.69) is 5.32 Å². The predicted molar refractivity (Wildman–Crippen MR) is 88.0 cm³/mol. The number of carbonyl (C=O) groups is 2. The molecule has 1 saturated heterocycles. The Balaban J connectivity index is 1.61. The van der Waals surface area contributed by atoms with Crippen molar-refractivity contribution in [1.29, 1.82) is 0 Å². The predicted octanol–water partition coefficient (Wildman–Crippen LogP) is 0.253. The topological polar surface area (TPSA) is 120 Å². The van der Waals surface area contributed by atoms with Crippen LogP contribution in [0.4, 0.5) is 0 Å². The molecule has 9 heteroatoms. The Morgan fingerprint density at radius 2 is 2.04 bits per heavy atom. The van der Waals surface area contributed by atoms with Crippen molar-refractivity contribution in [2.45, 2.75) is 12.5 Å². The molecule has 0 aliphatic carbocycles. The van der Waals surface area contributed by atoms with Crippen LogP contribution in [0.1, 0.15) is 17.0 Å². The molecule has 1 fully saturated rings. The SMILES string of the molecule is O=C(COC(=O)c1cc(=O)c2ccccc2o1)N[C@H]1CCS(=O)(=O)C1. The standard InChI is InChI=1S/C16H15NO7S/c18-12-7-14(24-13-4-2-1-3-11(12)13)16(20)23-8-15(19)17-10-5-6-25(21,22)9-10/h1-4,7,10H,5-6,8-9H2,(H,17,19)/t10-/m0/s1. The molecule has 0 spiro atoms. The molecule has 1 amide bonds. The Morgan fingerprint density at radius 1 is 1.28 bits per heavy atom. The van der Waals surface area contributed by atoms with E-state index < -0.39 is 39.8 Å². The van der Waals surface area contributed by atoms with E-state index in [1.807, 2.05) is 0 Å². The molecule has 1 N–H and O–H groups in total. The summed E-state index contributed by atoms with van der Waals surface area (Å²) in [7, 11) is -3.11. The average molecular weight is 365 g/mol. The maximum Gasteiger partial charge on any atom is 0.374 e. The first-order chi connectivity index (χ1) is 11.8. The van der Waals surface area contributed by atoms with Crippen molar-refractivity contribution in [3.63, 3.8) is 0 Å². The molecule has 1 atom stereocenters. The summed E-state index contributed by atoms with van der Waals surface area (Å²) in [6.07, 6.45) is 0.335. The van der Waals surface area contributed by atoms with E-state index in [-0.39, 0.29) is 22.8 Å². The van der Waals surface area contributed by atoms with Crippen LogP contribution in [0, 0.1) is 0 Å². The molecule has 1 aliphatic heterocycles. The molecule has 3 rings (SSSR count). The maximum atomic E-state index is 12.0. The number of sulfone groups is 1. The van der Waals surface area contributed by atoms with Gasteiger partial charge in [0.05, 0.1) is 16.9 Å². The molecular weight excluding hydrogens is 350 g/mol. The van der Waals surface area contributed by atoms with Gasteiger partial charge in [-0.3, -0.25) is 9.59 Å². The summed E-state index contributed by atoms with van der Waals surface area (Å²) in [6, 6.07) is 6.97. The van der Waals surface area contributed by atoms with Gasteiger partial charge in [-0.25, -0.2) is 13.2 Å². The van der Waals surface area contributed by atoms with Crippen molar-refractivity contribution >= 4 is 32.7 Å². The molecular formula is C16H15NO7S. The number of carbonyl (C=O) groups excluding carboxylic acids is 2. The quantitative estimate of drug-likeness (QED) is 0.771. The lowest BCUT2D eigenvalue weighted by Crippen LogP contribution is -2.38. The molecule has 0 saturated carbocycles. The summed E-state index contributed by atoms with van der Waals surface area (Å²) in [5, 5.41) is 2.83. The second-order valence-corrected chi connectivity index (χ2v) is 7.94. The van der Waals surface area contributed by atoms with Gasteiger partial charge in [-0.15, -0.1) is 0 Å². The number of esters is 1. The van der Waals surface area contributed by atoms with Gasteiger partial charge >= 0.3 is 5.97 Å². The minimum Gasteiger partial charge on any atom is -0.450 e. The van der Waals surface area contributed by atoms with Crippen LogP contribution in [0.2, 0.25) is 0 Å². The molecule has 8 nitrogen and oxygen atoms in total. The van der Waals surface area contributed by atoms with E-state index in [4.69, 9.17) is 9.15 Å². The number of nitrogens with one attached hydrogen (secondary N) is 1. The van der Waals surface area contributed by atoms with Crippen molar-refractivity contribution in [3.8, 4) is 0 Å². The largest absolute Gasteiger partial charge is 0.450 e. The number of para-hydroxylation sites is 1. The van der Waals surface area contributed by atoms with Crippen LogP contribution in [-0.2, 0) is 19.4 Å². The molecule has 1 aromatic carbocycles. The fourth-order valence-electron chi connectivity index (χ4n) is 2.58. The normalized spacial score (nSPS) is 18.8. The molecule has 0 unspecified atom stereocenters. The maximum absolute atomic E-state index is 12.0. The van der Waals surface area contributed by atoms with E-state index in [1.165, 1.54) is 0 Å². The monoisotopic (exact) mass is 365 g/mol. The Bertz CT molecular complexity index is 993. The van der Waals surface area contributed by atoms with Crippen molar-refractivity contribution in [2.75, 3.05) is 18.1 Å². The molecule has 1 aromatic heterocycles. The van der Waals surface area contributed by atoms with Crippen LogP contribution in [-0.4, -0.2) is 44.4 Å². The van der Waals surface area contributed by atoms with Gasteiger partial charge < -0.3 is 14.5 Å². The number of fused-ring (bicyclic) bond motifs is 1. The second-order valence-electron chi connectivity index (χ2n) is 5.71. The summed E-state index contributed by atoms with van der Waals surface area (Å²) in [6.45, 7) is -0.591. The highest BCUT2D eigenvalue weighted by Gasteiger charge is 2.29. The Labute approximate surface area is 142 Å². The lowest BCUT2D eigenvalue weighted by Gasteiger charge is -2.10. The van der Waals surface area contributed by atoms with Gasteiger partial charge in [-0.2, -0.15) is 0 Å². The summed E-state index contributed by atoms with van der Waals surface area (Å²) in [5.74, 6) is -1.96. The van der Waals surface area contributed by atoms with Crippen LogP contribution in [0.15, 0.2) is 39.5 Å². The van der Waals surface area contributed by atoms with Gasteiger partial charge in [-0.05, 0) is 18.6 Å². The highest BCUT2D eigenvalue weighted by Crippen LogP contribution is 2.13. The zero-order valence-corrected chi connectivity index (χ0v) is 13.9. The second kappa shape index (κ2) is 6.67. The Kier molecular flexibility index (Phi) is 4.58. The first kappa shape index (κ1) is 17.2. The number of benzene rings is 1. The van der Waals surface area contributed by atoms with E-state index >= 15 is 0 Å². The number of rotatable bonds is 4. The highest BCUT2D eigenvalue weighted by molar-refractivity contribution is 7.91. The summed E-state index contributed by atoms with van der Waals surface area (Å²) >= 11 is 0. The molecule has 25 heavy (non-hydrogen) atoms. The molecule has 2 heterocycles.